The van der Waals surface area contributed by atoms with E-state index in [9.17, 15) is 0 Å². The maximum atomic E-state index is 6.67. The van der Waals surface area contributed by atoms with Crippen molar-refractivity contribution >= 4 is 0 Å². The first-order chi connectivity index (χ1) is 6.58. The monoisotopic (exact) mass is 193 g/mol. The molecule has 0 aromatic rings. The van der Waals surface area contributed by atoms with Crippen LogP contribution in [0.4, 0.5) is 0 Å². The number of hydrogen-bond acceptors (Lipinski definition) is 1. The minimum atomic E-state index is 0.239. The molecule has 0 radical (unpaired) electrons. The molecule has 0 spiro atoms. The van der Waals surface area contributed by atoms with Crippen LogP contribution in [-0.2, 0) is 0 Å². The topological polar surface area (TPSA) is 26.0 Å². The van der Waals surface area contributed by atoms with Crippen molar-refractivity contribution < 1.29 is 0 Å². The lowest BCUT2D eigenvalue weighted by Gasteiger charge is -2.61. The Morgan fingerprint density at radius 2 is 1.64 bits per heavy atom. The van der Waals surface area contributed by atoms with Crippen molar-refractivity contribution in [3.05, 3.63) is 0 Å². The van der Waals surface area contributed by atoms with E-state index in [1.807, 2.05) is 0 Å². The fourth-order valence-corrected chi connectivity index (χ4v) is 5.35. The van der Waals surface area contributed by atoms with Crippen LogP contribution in [0.25, 0.3) is 0 Å². The fourth-order valence-electron chi connectivity index (χ4n) is 5.35. The van der Waals surface area contributed by atoms with Crippen molar-refractivity contribution in [2.24, 2.45) is 35.3 Å². The van der Waals surface area contributed by atoms with E-state index >= 15 is 0 Å². The maximum absolute atomic E-state index is 6.67. The molecule has 0 amide bonds. The summed E-state index contributed by atoms with van der Waals surface area (Å²) in [6.07, 6.45) is 7.17. The van der Waals surface area contributed by atoms with E-state index in [1.165, 1.54) is 32.1 Å². The molecule has 4 bridgehead atoms. The third-order valence-corrected chi connectivity index (χ3v) is 5.17. The van der Waals surface area contributed by atoms with Crippen molar-refractivity contribution in [1.29, 1.82) is 0 Å². The SMILES string of the molecule is CC(C)C1C2CC3CC(C2)CC1(N)C3. The highest BCUT2D eigenvalue weighted by atomic mass is 14.8. The molecule has 1 heteroatoms. The van der Waals surface area contributed by atoms with Crippen molar-refractivity contribution in [1.82, 2.24) is 0 Å². The Labute approximate surface area is 87.4 Å². The molecule has 80 valence electrons. The zero-order valence-corrected chi connectivity index (χ0v) is 9.50. The van der Waals surface area contributed by atoms with Gasteiger partial charge in [0.1, 0.15) is 0 Å². The zero-order chi connectivity index (χ0) is 9.92. The molecule has 3 atom stereocenters. The fraction of sp³-hybridized carbons (Fsp3) is 1.00. The van der Waals surface area contributed by atoms with Crippen LogP contribution < -0.4 is 5.73 Å². The summed E-state index contributed by atoms with van der Waals surface area (Å²) in [7, 11) is 0. The third-order valence-electron chi connectivity index (χ3n) is 5.17. The Morgan fingerprint density at radius 3 is 2.07 bits per heavy atom. The first kappa shape index (κ1) is 9.21. The second kappa shape index (κ2) is 2.75. The summed E-state index contributed by atoms with van der Waals surface area (Å²) in [5, 5.41) is 0. The van der Waals surface area contributed by atoms with E-state index in [4.69, 9.17) is 5.73 Å². The van der Waals surface area contributed by atoms with Crippen LogP contribution in [0.1, 0.15) is 46.0 Å². The van der Waals surface area contributed by atoms with Gasteiger partial charge in [0, 0.05) is 5.54 Å². The summed E-state index contributed by atoms with van der Waals surface area (Å²) in [5.74, 6) is 4.59. The molecular weight excluding hydrogens is 170 g/mol. The predicted molar refractivity (Wildman–Crippen MR) is 58.8 cm³/mol. The standard InChI is InChI=1S/C13H23N/c1-8(2)12-11-4-9-3-10(5-11)7-13(12,14)6-9/h8-12H,3-7,14H2,1-2H3. The van der Waals surface area contributed by atoms with Gasteiger partial charge in [-0.25, -0.2) is 0 Å². The van der Waals surface area contributed by atoms with Crippen LogP contribution in [0.3, 0.4) is 0 Å². The molecule has 4 aliphatic rings. The highest BCUT2D eigenvalue weighted by molar-refractivity contribution is 5.09. The number of hydrogen-bond donors (Lipinski definition) is 1. The van der Waals surface area contributed by atoms with Crippen LogP contribution >= 0.6 is 0 Å². The van der Waals surface area contributed by atoms with E-state index < -0.39 is 0 Å². The summed E-state index contributed by atoms with van der Waals surface area (Å²) < 4.78 is 0. The molecule has 1 nitrogen and oxygen atoms in total. The molecular formula is C13H23N. The van der Waals surface area contributed by atoms with Crippen LogP contribution in [-0.4, -0.2) is 5.54 Å². The highest BCUT2D eigenvalue weighted by Gasteiger charge is 2.55. The maximum Gasteiger partial charge on any atom is 0.0193 e. The van der Waals surface area contributed by atoms with E-state index in [2.05, 4.69) is 13.8 Å². The van der Waals surface area contributed by atoms with Gasteiger partial charge in [-0.3, -0.25) is 0 Å². The largest absolute Gasteiger partial charge is 0.325 e. The smallest absolute Gasteiger partial charge is 0.0193 e. The van der Waals surface area contributed by atoms with Gasteiger partial charge in [0.15, 0.2) is 0 Å². The van der Waals surface area contributed by atoms with Gasteiger partial charge in [-0.05, 0) is 61.7 Å². The van der Waals surface area contributed by atoms with Crippen LogP contribution in [0.2, 0.25) is 0 Å². The van der Waals surface area contributed by atoms with Crippen molar-refractivity contribution in [2.75, 3.05) is 0 Å². The van der Waals surface area contributed by atoms with Crippen LogP contribution in [0, 0.1) is 29.6 Å². The second-order valence-electron chi connectivity index (χ2n) is 6.61. The van der Waals surface area contributed by atoms with Gasteiger partial charge in [-0.15, -0.1) is 0 Å². The van der Waals surface area contributed by atoms with E-state index in [-0.39, 0.29) is 5.54 Å². The molecule has 0 saturated heterocycles. The highest BCUT2D eigenvalue weighted by Crippen LogP contribution is 2.59. The normalized spacial score (nSPS) is 55.7. The first-order valence-electron chi connectivity index (χ1n) is 6.37. The average molecular weight is 193 g/mol. The number of nitrogens with two attached hydrogens (primary N) is 1. The van der Waals surface area contributed by atoms with E-state index in [0.717, 1.165) is 29.6 Å². The van der Waals surface area contributed by atoms with Gasteiger partial charge in [0.25, 0.3) is 0 Å². The molecule has 0 aromatic heterocycles. The molecule has 0 aromatic carbocycles. The lowest BCUT2D eigenvalue weighted by atomic mass is 9.47. The summed E-state index contributed by atoms with van der Waals surface area (Å²) in [4.78, 5) is 0. The number of rotatable bonds is 1. The van der Waals surface area contributed by atoms with Gasteiger partial charge in [-0.1, -0.05) is 13.8 Å². The Morgan fingerprint density at radius 1 is 1.07 bits per heavy atom. The minimum absolute atomic E-state index is 0.239. The molecule has 4 fully saturated rings. The Bertz CT molecular complexity index is 232. The lowest BCUT2D eigenvalue weighted by molar-refractivity contribution is -0.0734. The van der Waals surface area contributed by atoms with Crippen LogP contribution in [0.15, 0.2) is 0 Å². The molecule has 14 heavy (non-hydrogen) atoms. The second-order valence-corrected chi connectivity index (χ2v) is 6.61. The molecule has 4 rings (SSSR count). The zero-order valence-electron chi connectivity index (χ0n) is 9.50. The molecule has 3 unspecified atom stereocenters. The Kier molecular flexibility index (Phi) is 1.81. The predicted octanol–water partition coefficient (Wildman–Crippen LogP) is 2.80. The van der Waals surface area contributed by atoms with Crippen LogP contribution in [0.5, 0.6) is 0 Å². The molecule has 0 heterocycles. The van der Waals surface area contributed by atoms with E-state index in [1.54, 1.807) is 0 Å². The summed E-state index contributed by atoms with van der Waals surface area (Å²) in [6.45, 7) is 4.75. The van der Waals surface area contributed by atoms with Gasteiger partial charge in [-0.2, -0.15) is 0 Å². The molecule has 4 saturated carbocycles. The quantitative estimate of drug-likeness (QED) is 0.681. The first-order valence-corrected chi connectivity index (χ1v) is 6.37. The third kappa shape index (κ3) is 1.11. The van der Waals surface area contributed by atoms with Gasteiger partial charge >= 0.3 is 0 Å². The van der Waals surface area contributed by atoms with Crippen molar-refractivity contribution in [3.63, 3.8) is 0 Å². The summed E-state index contributed by atoms with van der Waals surface area (Å²) in [5.41, 5.74) is 6.91. The van der Waals surface area contributed by atoms with Gasteiger partial charge < -0.3 is 5.73 Å². The average Bonchev–Trinajstić information content (AvgIpc) is 1.97. The van der Waals surface area contributed by atoms with Crippen molar-refractivity contribution in [2.45, 2.75) is 51.5 Å². The Balaban J connectivity index is 1.94. The lowest BCUT2D eigenvalue weighted by Crippen LogP contribution is -2.63. The summed E-state index contributed by atoms with van der Waals surface area (Å²) in [6, 6.07) is 0. The van der Waals surface area contributed by atoms with E-state index in [0.29, 0.717) is 0 Å². The molecule has 4 aliphatic carbocycles. The van der Waals surface area contributed by atoms with Gasteiger partial charge in [0.05, 0.1) is 0 Å². The Hall–Kier alpha value is -0.0400. The molecule has 0 aliphatic heterocycles. The van der Waals surface area contributed by atoms with Crippen molar-refractivity contribution in [3.8, 4) is 0 Å². The minimum Gasteiger partial charge on any atom is -0.325 e. The summed E-state index contributed by atoms with van der Waals surface area (Å²) >= 11 is 0. The molecule has 2 N–H and O–H groups in total. The van der Waals surface area contributed by atoms with Gasteiger partial charge in [0.2, 0.25) is 0 Å².